The largest absolute Gasteiger partial charge is 0.347 e. The lowest BCUT2D eigenvalue weighted by molar-refractivity contribution is -0.141. The Hall–Kier alpha value is -1.10. The second kappa shape index (κ2) is 7.22. The molecular formula is C11H23N3O2. The van der Waals surface area contributed by atoms with Crippen molar-refractivity contribution in [2.75, 3.05) is 33.7 Å². The van der Waals surface area contributed by atoms with E-state index in [1.807, 2.05) is 13.8 Å². The third-order valence-electron chi connectivity index (χ3n) is 2.64. The van der Waals surface area contributed by atoms with E-state index in [9.17, 15) is 9.59 Å². The van der Waals surface area contributed by atoms with Gasteiger partial charge in [-0.05, 0) is 13.3 Å². The SMILES string of the molecule is CCC(CN)C(=O)N(CC)CC(=O)N(C)C. The highest BCUT2D eigenvalue weighted by Crippen LogP contribution is 2.06. The maximum atomic E-state index is 12.0. The predicted molar refractivity (Wildman–Crippen MR) is 63.8 cm³/mol. The molecule has 0 aliphatic carbocycles. The van der Waals surface area contributed by atoms with E-state index in [-0.39, 0.29) is 24.3 Å². The van der Waals surface area contributed by atoms with Crippen LogP contribution in [0.3, 0.4) is 0 Å². The molecule has 0 saturated heterocycles. The van der Waals surface area contributed by atoms with Crippen LogP contribution in [0.1, 0.15) is 20.3 Å². The molecule has 5 heteroatoms. The summed E-state index contributed by atoms with van der Waals surface area (Å²) in [5, 5.41) is 0. The van der Waals surface area contributed by atoms with Gasteiger partial charge in [-0.25, -0.2) is 0 Å². The number of amides is 2. The number of nitrogens with zero attached hydrogens (tertiary/aromatic N) is 2. The number of hydrogen-bond donors (Lipinski definition) is 1. The van der Waals surface area contributed by atoms with Gasteiger partial charge in [-0.3, -0.25) is 9.59 Å². The smallest absolute Gasteiger partial charge is 0.241 e. The highest BCUT2D eigenvalue weighted by Gasteiger charge is 2.22. The predicted octanol–water partition coefficient (Wildman–Crippen LogP) is -0.0920. The summed E-state index contributed by atoms with van der Waals surface area (Å²) >= 11 is 0. The topological polar surface area (TPSA) is 66.6 Å². The van der Waals surface area contributed by atoms with Crippen LogP contribution in [-0.4, -0.2) is 55.3 Å². The van der Waals surface area contributed by atoms with E-state index < -0.39 is 0 Å². The maximum absolute atomic E-state index is 12.0. The molecule has 0 aliphatic heterocycles. The van der Waals surface area contributed by atoms with Crippen molar-refractivity contribution in [1.82, 2.24) is 9.80 Å². The average molecular weight is 229 g/mol. The minimum atomic E-state index is -0.171. The first kappa shape index (κ1) is 14.9. The Morgan fingerprint density at radius 1 is 1.25 bits per heavy atom. The van der Waals surface area contributed by atoms with Crippen LogP contribution in [-0.2, 0) is 9.59 Å². The van der Waals surface area contributed by atoms with E-state index >= 15 is 0 Å². The Morgan fingerprint density at radius 3 is 2.12 bits per heavy atom. The van der Waals surface area contributed by atoms with Crippen molar-refractivity contribution in [3.05, 3.63) is 0 Å². The van der Waals surface area contributed by atoms with Crippen molar-refractivity contribution in [2.24, 2.45) is 11.7 Å². The van der Waals surface area contributed by atoms with E-state index in [1.54, 1.807) is 19.0 Å². The molecule has 0 fully saturated rings. The van der Waals surface area contributed by atoms with E-state index in [4.69, 9.17) is 5.73 Å². The van der Waals surface area contributed by atoms with E-state index in [0.29, 0.717) is 19.5 Å². The monoisotopic (exact) mass is 229 g/mol. The molecular weight excluding hydrogens is 206 g/mol. The molecule has 0 spiro atoms. The molecule has 94 valence electrons. The molecule has 0 aromatic carbocycles. The lowest BCUT2D eigenvalue weighted by atomic mass is 10.1. The normalized spacial score (nSPS) is 12.1. The van der Waals surface area contributed by atoms with Crippen molar-refractivity contribution >= 4 is 11.8 Å². The molecule has 0 bridgehead atoms. The Balaban J connectivity index is 4.48. The van der Waals surface area contributed by atoms with Gasteiger partial charge in [0.2, 0.25) is 11.8 Å². The first-order chi connectivity index (χ1) is 7.47. The van der Waals surface area contributed by atoms with Crippen LogP contribution in [0.15, 0.2) is 0 Å². The second-order valence-electron chi connectivity index (χ2n) is 3.98. The summed E-state index contributed by atoms with van der Waals surface area (Å²) in [6.45, 7) is 4.80. The number of hydrogen-bond acceptors (Lipinski definition) is 3. The van der Waals surface area contributed by atoms with Crippen LogP contribution < -0.4 is 5.73 Å². The van der Waals surface area contributed by atoms with Gasteiger partial charge >= 0.3 is 0 Å². The van der Waals surface area contributed by atoms with E-state index in [2.05, 4.69) is 0 Å². The third-order valence-corrected chi connectivity index (χ3v) is 2.64. The van der Waals surface area contributed by atoms with Gasteiger partial charge in [0.25, 0.3) is 0 Å². The van der Waals surface area contributed by atoms with Crippen molar-refractivity contribution in [3.63, 3.8) is 0 Å². The van der Waals surface area contributed by atoms with Crippen molar-refractivity contribution < 1.29 is 9.59 Å². The van der Waals surface area contributed by atoms with Gasteiger partial charge in [-0.15, -0.1) is 0 Å². The van der Waals surface area contributed by atoms with Gasteiger partial charge in [0.1, 0.15) is 0 Å². The van der Waals surface area contributed by atoms with Crippen LogP contribution in [0.25, 0.3) is 0 Å². The fourth-order valence-electron chi connectivity index (χ4n) is 1.35. The molecule has 0 aromatic heterocycles. The van der Waals surface area contributed by atoms with Crippen molar-refractivity contribution in [1.29, 1.82) is 0 Å². The zero-order chi connectivity index (χ0) is 12.7. The Morgan fingerprint density at radius 2 is 1.81 bits per heavy atom. The molecule has 0 aliphatic rings. The maximum Gasteiger partial charge on any atom is 0.241 e. The van der Waals surface area contributed by atoms with Crippen LogP contribution in [0.5, 0.6) is 0 Å². The van der Waals surface area contributed by atoms with Crippen molar-refractivity contribution in [3.8, 4) is 0 Å². The average Bonchev–Trinajstić information content (AvgIpc) is 2.26. The Bertz CT molecular complexity index is 237. The standard InChI is InChI=1S/C11H23N3O2/c1-5-9(7-12)11(16)14(6-2)8-10(15)13(3)4/h9H,5-8,12H2,1-4H3. The molecule has 16 heavy (non-hydrogen) atoms. The molecule has 0 aromatic rings. The molecule has 1 unspecified atom stereocenters. The zero-order valence-electron chi connectivity index (χ0n) is 10.7. The minimum Gasteiger partial charge on any atom is -0.347 e. The van der Waals surface area contributed by atoms with Gasteiger partial charge in [0.05, 0.1) is 12.5 Å². The number of carbonyl (C=O) groups is 2. The number of carbonyl (C=O) groups excluding carboxylic acids is 2. The zero-order valence-corrected chi connectivity index (χ0v) is 10.7. The summed E-state index contributed by atoms with van der Waals surface area (Å²) in [7, 11) is 3.36. The Labute approximate surface area is 97.6 Å². The first-order valence-electron chi connectivity index (χ1n) is 5.66. The molecule has 2 amide bonds. The summed E-state index contributed by atoms with van der Waals surface area (Å²) in [4.78, 5) is 26.5. The first-order valence-corrected chi connectivity index (χ1v) is 5.66. The van der Waals surface area contributed by atoms with Gasteiger partial charge in [0.15, 0.2) is 0 Å². The molecule has 0 rings (SSSR count). The van der Waals surface area contributed by atoms with Crippen LogP contribution in [0, 0.1) is 5.92 Å². The Kier molecular flexibility index (Phi) is 6.72. The third kappa shape index (κ3) is 4.18. The van der Waals surface area contributed by atoms with Gasteiger partial charge < -0.3 is 15.5 Å². The van der Waals surface area contributed by atoms with Gasteiger partial charge in [-0.1, -0.05) is 6.92 Å². The van der Waals surface area contributed by atoms with Crippen LogP contribution in [0.4, 0.5) is 0 Å². The number of rotatable bonds is 6. The highest BCUT2D eigenvalue weighted by molar-refractivity contribution is 5.85. The fraction of sp³-hybridized carbons (Fsp3) is 0.818. The quantitative estimate of drug-likeness (QED) is 0.692. The fourth-order valence-corrected chi connectivity index (χ4v) is 1.35. The summed E-state index contributed by atoms with van der Waals surface area (Å²) in [5.74, 6) is -0.264. The molecule has 1 atom stereocenters. The minimum absolute atomic E-state index is 0.0253. The number of likely N-dealkylation sites (N-methyl/N-ethyl adjacent to an activating group) is 2. The second-order valence-corrected chi connectivity index (χ2v) is 3.98. The molecule has 5 nitrogen and oxygen atoms in total. The summed E-state index contributed by atoms with van der Waals surface area (Å²) in [5.41, 5.74) is 5.52. The van der Waals surface area contributed by atoms with Crippen molar-refractivity contribution in [2.45, 2.75) is 20.3 Å². The van der Waals surface area contributed by atoms with E-state index in [1.165, 1.54) is 4.90 Å². The van der Waals surface area contributed by atoms with Crippen LogP contribution in [0.2, 0.25) is 0 Å². The van der Waals surface area contributed by atoms with Crippen LogP contribution >= 0.6 is 0 Å². The molecule has 0 radical (unpaired) electrons. The van der Waals surface area contributed by atoms with E-state index in [0.717, 1.165) is 0 Å². The molecule has 0 heterocycles. The lowest BCUT2D eigenvalue weighted by Crippen LogP contribution is -2.44. The molecule has 0 saturated carbocycles. The summed E-state index contributed by atoms with van der Waals surface area (Å²) in [6, 6.07) is 0. The lowest BCUT2D eigenvalue weighted by Gasteiger charge is -2.25. The summed E-state index contributed by atoms with van der Waals surface area (Å²) < 4.78 is 0. The highest BCUT2D eigenvalue weighted by atomic mass is 16.2. The van der Waals surface area contributed by atoms with Gasteiger partial charge in [-0.2, -0.15) is 0 Å². The molecule has 2 N–H and O–H groups in total. The summed E-state index contributed by atoms with van der Waals surface area (Å²) in [6.07, 6.45) is 0.710. The van der Waals surface area contributed by atoms with Gasteiger partial charge in [0, 0.05) is 27.2 Å². The number of nitrogens with two attached hydrogens (primary N) is 1.